The lowest BCUT2D eigenvalue weighted by Gasteiger charge is -2.23. The van der Waals surface area contributed by atoms with Crippen molar-refractivity contribution in [1.82, 2.24) is 4.57 Å². The molecule has 10 rings (SSSR count). The Labute approximate surface area is 246 Å². The second kappa shape index (κ2) is 7.70. The number of nitrogens with zero attached hydrogens (tertiary/aromatic N) is 1. The van der Waals surface area contributed by atoms with E-state index in [1.807, 2.05) is 11.3 Å². The zero-order valence-corrected chi connectivity index (χ0v) is 24.0. The van der Waals surface area contributed by atoms with Crippen LogP contribution in [-0.4, -0.2) is 4.57 Å². The molecule has 3 heterocycles. The molecule has 3 aromatic heterocycles. The molecule has 0 unspecified atom stereocenters. The third kappa shape index (κ3) is 2.66. The topological polar surface area (TPSA) is 18.1 Å². The maximum atomic E-state index is 6.84. The van der Waals surface area contributed by atoms with Crippen LogP contribution in [0.3, 0.4) is 0 Å². The van der Waals surface area contributed by atoms with E-state index in [1.165, 1.54) is 75.3 Å². The van der Waals surface area contributed by atoms with Crippen LogP contribution in [-0.2, 0) is 5.41 Å². The van der Waals surface area contributed by atoms with E-state index in [4.69, 9.17) is 4.42 Å². The van der Waals surface area contributed by atoms with Gasteiger partial charge in [0.15, 0.2) is 0 Å². The molecule has 3 heteroatoms. The van der Waals surface area contributed by atoms with Gasteiger partial charge < -0.3 is 8.98 Å². The highest BCUT2D eigenvalue weighted by Crippen LogP contribution is 2.57. The Hall–Kier alpha value is -4.86. The third-order valence-electron chi connectivity index (χ3n) is 9.55. The number of rotatable bonds is 1. The molecule has 9 aromatic rings. The summed E-state index contributed by atoms with van der Waals surface area (Å²) < 4.78 is 12.0. The Morgan fingerprint density at radius 1 is 0.643 bits per heavy atom. The number of furan rings is 1. The molecule has 42 heavy (non-hydrogen) atoms. The van der Waals surface area contributed by atoms with Crippen molar-refractivity contribution in [3.63, 3.8) is 0 Å². The molecule has 2 nitrogen and oxygen atoms in total. The largest absolute Gasteiger partial charge is 0.455 e. The van der Waals surface area contributed by atoms with Crippen molar-refractivity contribution in [2.75, 3.05) is 0 Å². The molecule has 0 saturated carbocycles. The van der Waals surface area contributed by atoms with Gasteiger partial charge in [0.05, 0.1) is 16.4 Å². The van der Waals surface area contributed by atoms with E-state index in [0.29, 0.717) is 0 Å². The van der Waals surface area contributed by atoms with Crippen LogP contribution in [0.25, 0.3) is 80.7 Å². The minimum Gasteiger partial charge on any atom is -0.455 e. The van der Waals surface area contributed by atoms with E-state index in [2.05, 4.69) is 134 Å². The van der Waals surface area contributed by atoms with Crippen molar-refractivity contribution in [2.45, 2.75) is 19.3 Å². The van der Waals surface area contributed by atoms with Gasteiger partial charge in [-0.25, -0.2) is 0 Å². The summed E-state index contributed by atoms with van der Waals surface area (Å²) in [4.78, 5) is 0. The smallest absolute Gasteiger partial charge is 0.145 e. The zero-order valence-electron chi connectivity index (χ0n) is 23.2. The molecule has 0 spiro atoms. The van der Waals surface area contributed by atoms with Gasteiger partial charge in [-0.05, 0) is 53.1 Å². The summed E-state index contributed by atoms with van der Waals surface area (Å²) in [5.41, 5.74) is 10.6. The molecule has 0 aliphatic heterocycles. The van der Waals surface area contributed by atoms with Crippen LogP contribution in [0.4, 0.5) is 0 Å². The second-order valence-electron chi connectivity index (χ2n) is 12.1. The lowest BCUT2D eigenvalue weighted by Crippen LogP contribution is -2.15. The van der Waals surface area contributed by atoms with Crippen LogP contribution in [0, 0.1) is 0 Å². The first-order valence-electron chi connectivity index (χ1n) is 14.5. The molecule has 0 bridgehead atoms. The van der Waals surface area contributed by atoms with Gasteiger partial charge in [-0.1, -0.05) is 92.7 Å². The lowest BCUT2D eigenvalue weighted by molar-refractivity contribution is 0.658. The molecular weight excluding hydrogens is 531 g/mol. The molecule has 0 amide bonds. The van der Waals surface area contributed by atoms with Gasteiger partial charge >= 0.3 is 0 Å². The minimum atomic E-state index is -0.181. The molecule has 1 aliphatic carbocycles. The number of hydrogen-bond donors (Lipinski definition) is 0. The summed E-state index contributed by atoms with van der Waals surface area (Å²) >= 11 is 1.87. The first-order chi connectivity index (χ1) is 20.6. The Balaban J connectivity index is 1.48. The molecule has 198 valence electrons. The molecule has 1 aliphatic rings. The minimum absolute atomic E-state index is 0.181. The lowest BCUT2D eigenvalue weighted by atomic mass is 9.80. The third-order valence-corrected chi connectivity index (χ3v) is 10.7. The summed E-state index contributed by atoms with van der Waals surface area (Å²) in [5.74, 6) is 0. The number of para-hydroxylation sites is 2. The number of fused-ring (bicyclic) bond motifs is 15. The quantitative estimate of drug-likeness (QED) is 0.197. The van der Waals surface area contributed by atoms with Crippen LogP contribution in [0.2, 0.25) is 0 Å². The zero-order chi connectivity index (χ0) is 27.7. The van der Waals surface area contributed by atoms with Crippen molar-refractivity contribution in [3.05, 3.63) is 126 Å². The van der Waals surface area contributed by atoms with Crippen molar-refractivity contribution >= 4 is 75.3 Å². The van der Waals surface area contributed by atoms with Gasteiger partial charge in [-0.3, -0.25) is 0 Å². The highest BCUT2D eigenvalue weighted by atomic mass is 32.1. The molecule has 0 fully saturated rings. The Kier molecular flexibility index (Phi) is 4.18. The van der Waals surface area contributed by atoms with E-state index >= 15 is 0 Å². The van der Waals surface area contributed by atoms with Gasteiger partial charge in [0.1, 0.15) is 11.2 Å². The summed E-state index contributed by atoms with van der Waals surface area (Å²) in [7, 11) is 0. The van der Waals surface area contributed by atoms with Crippen LogP contribution in [0.1, 0.15) is 25.0 Å². The van der Waals surface area contributed by atoms with Crippen molar-refractivity contribution < 1.29 is 4.42 Å². The highest BCUT2D eigenvalue weighted by Gasteiger charge is 2.41. The maximum Gasteiger partial charge on any atom is 0.145 e. The van der Waals surface area contributed by atoms with E-state index in [0.717, 1.165) is 16.6 Å². The van der Waals surface area contributed by atoms with Gasteiger partial charge in [-0.2, -0.15) is 0 Å². The summed E-state index contributed by atoms with van der Waals surface area (Å²) in [6.45, 7) is 4.75. The van der Waals surface area contributed by atoms with E-state index < -0.39 is 0 Å². The Bertz CT molecular complexity index is 2610. The van der Waals surface area contributed by atoms with E-state index in [1.54, 1.807) is 0 Å². The van der Waals surface area contributed by atoms with Crippen LogP contribution < -0.4 is 0 Å². The van der Waals surface area contributed by atoms with Crippen LogP contribution >= 0.6 is 11.3 Å². The number of benzene rings is 6. The highest BCUT2D eigenvalue weighted by molar-refractivity contribution is 7.25. The number of hydrogen-bond acceptors (Lipinski definition) is 2. The normalized spacial score (nSPS) is 14.1. The van der Waals surface area contributed by atoms with E-state index in [9.17, 15) is 0 Å². The van der Waals surface area contributed by atoms with Crippen LogP contribution in [0.15, 0.2) is 120 Å². The SMILES string of the molecule is CC1(C)c2ccccc2-c2c1c1c3ccccc3n(-c3ccc4sc5ccccc5c4c3)c1c1c2oc2ccccc21. The summed E-state index contributed by atoms with van der Waals surface area (Å²) in [6, 6.07) is 42.1. The van der Waals surface area contributed by atoms with Crippen molar-refractivity contribution in [1.29, 1.82) is 0 Å². The van der Waals surface area contributed by atoms with Gasteiger partial charge in [0, 0.05) is 53.0 Å². The Morgan fingerprint density at radius 2 is 1.36 bits per heavy atom. The molecule has 6 aromatic carbocycles. The maximum absolute atomic E-state index is 6.84. The van der Waals surface area contributed by atoms with Gasteiger partial charge in [0.2, 0.25) is 0 Å². The fraction of sp³-hybridized carbons (Fsp3) is 0.0769. The first-order valence-corrected chi connectivity index (χ1v) is 15.4. The molecule has 0 N–H and O–H groups in total. The molecule has 0 radical (unpaired) electrons. The van der Waals surface area contributed by atoms with Crippen molar-refractivity contribution in [2.24, 2.45) is 0 Å². The number of thiophene rings is 1. The van der Waals surface area contributed by atoms with Crippen LogP contribution in [0.5, 0.6) is 0 Å². The second-order valence-corrected chi connectivity index (χ2v) is 13.2. The molecule has 0 saturated heterocycles. The fourth-order valence-electron chi connectivity index (χ4n) is 7.81. The average molecular weight is 556 g/mol. The fourth-order valence-corrected chi connectivity index (χ4v) is 8.90. The molecule has 0 atom stereocenters. The number of aromatic nitrogens is 1. The van der Waals surface area contributed by atoms with Gasteiger partial charge in [0.25, 0.3) is 0 Å². The summed E-state index contributed by atoms with van der Waals surface area (Å²) in [5, 5.41) is 7.59. The first kappa shape index (κ1) is 22.8. The Morgan fingerprint density at radius 3 is 2.26 bits per heavy atom. The van der Waals surface area contributed by atoms with E-state index in [-0.39, 0.29) is 5.41 Å². The standard InChI is InChI=1S/C39H25NOS/c1-39(2)28-15-7-3-12-24(28)34-36(39)33-25-13-4-8-16-29(25)40(37(33)35-26-14-5-9-17-30(26)41-38(34)35)22-19-20-32-27(21-22)23-11-6-10-18-31(23)42-32/h3-21H,1-2H3. The van der Waals surface area contributed by atoms with Crippen molar-refractivity contribution in [3.8, 4) is 16.8 Å². The summed E-state index contributed by atoms with van der Waals surface area (Å²) in [6.07, 6.45) is 0. The predicted octanol–water partition coefficient (Wildman–Crippen LogP) is 11.4. The molecular formula is C39H25NOS. The predicted molar refractivity (Wildman–Crippen MR) is 179 cm³/mol. The van der Waals surface area contributed by atoms with Gasteiger partial charge in [-0.15, -0.1) is 11.3 Å². The monoisotopic (exact) mass is 555 g/mol. The average Bonchev–Trinajstić information content (AvgIpc) is 3.74.